The van der Waals surface area contributed by atoms with Crippen LogP contribution >= 0.6 is 0 Å². The maximum Gasteiger partial charge on any atom is 0.336 e. The average Bonchev–Trinajstić information content (AvgIpc) is 2.73. The monoisotopic (exact) mass is 401 g/mol. The van der Waals surface area contributed by atoms with Crippen molar-refractivity contribution < 1.29 is 27.8 Å². The number of carbonyl (C=O) groups is 2. The van der Waals surface area contributed by atoms with Gasteiger partial charge in [-0.25, -0.2) is 13.6 Å². The first-order valence-electron chi connectivity index (χ1n) is 9.04. The van der Waals surface area contributed by atoms with Crippen molar-refractivity contribution in [2.75, 3.05) is 14.2 Å². The molecule has 0 saturated heterocycles. The van der Waals surface area contributed by atoms with E-state index in [2.05, 4.69) is 0 Å². The van der Waals surface area contributed by atoms with Gasteiger partial charge in [0.05, 0.1) is 26.3 Å². The van der Waals surface area contributed by atoms with Gasteiger partial charge in [0.25, 0.3) is 0 Å². The quantitative estimate of drug-likeness (QED) is 0.713. The number of hydrogen-bond donors (Lipinski definition) is 0. The molecule has 0 saturated carbocycles. The van der Waals surface area contributed by atoms with Crippen molar-refractivity contribution in [2.45, 2.75) is 25.8 Å². The topological polar surface area (TPSA) is 55.8 Å². The third-order valence-electron chi connectivity index (χ3n) is 5.10. The van der Waals surface area contributed by atoms with Gasteiger partial charge in [-0.05, 0) is 19.1 Å². The van der Waals surface area contributed by atoms with Crippen LogP contribution in [0.25, 0.3) is 0 Å². The van der Waals surface area contributed by atoms with Gasteiger partial charge < -0.3 is 14.4 Å². The molecule has 2 aromatic carbocycles. The lowest BCUT2D eigenvalue weighted by atomic mass is 9.83. The Morgan fingerprint density at radius 1 is 1.14 bits per heavy atom. The molecule has 5 nitrogen and oxygen atoms in total. The fourth-order valence-corrected chi connectivity index (χ4v) is 3.64. The first-order chi connectivity index (χ1) is 13.9. The summed E-state index contributed by atoms with van der Waals surface area (Å²) in [6, 6.07) is 10.9. The number of esters is 1. The third kappa shape index (κ3) is 3.85. The number of halogens is 2. The third-order valence-corrected chi connectivity index (χ3v) is 5.10. The summed E-state index contributed by atoms with van der Waals surface area (Å²) in [6.45, 7) is 1.41. The fraction of sp³-hybridized carbons (Fsp3) is 0.273. The number of allylic oxidation sites excluding steroid dienone is 1. The van der Waals surface area contributed by atoms with Crippen LogP contribution in [-0.2, 0) is 20.9 Å². The highest BCUT2D eigenvalue weighted by molar-refractivity contribution is 5.96. The van der Waals surface area contributed by atoms with Gasteiger partial charge in [0.2, 0.25) is 5.91 Å². The Labute approximate surface area is 167 Å². The lowest BCUT2D eigenvalue weighted by molar-refractivity contribution is -0.138. The van der Waals surface area contributed by atoms with E-state index in [1.807, 2.05) is 0 Å². The molecule has 0 spiro atoms. The molecule has 0 fully saturated rings. The van der Waals surface area contributed by atoms with E-state index in [0.29, 0.717) is 17.0 Å². The number of amides is 1. The van der Waals surface area contributed by atoms with E-state index in [9.17, 15) is 18.4 Å². The number of carbonyl (C=O) groups excluding carboxylic acids is 2. The van der Waals surface area contributed by atoms with E-state index in [4.69, 9.17) is 9.47 Å². The minimum atomic E-state index is -1.01. The molecule has 1 aliphatic heterocycles. The number of ether oxygens (including phenoxy) is 2. The highest BCUT2D eigenvalue weighted by Crippen LogP contribution is 2.41. The first kappa shape index (κ1) is 20.5. The molecular formula is C22H21F2NO4. The summed E-state index contributed by atoms with van der Waals surface area (Å²) in [5, 5.41) is 0. The van der Waals surface area contributed by atoms with E-state index in [1.54, 1.807) is 31.2 Å². The van der Waals surface area contributed by atoms with E-state index in [-0.39, 0.29) is 30.0 Å². The van der Waals surface area contributed by atoms with Gasteiger partial charge in [0.15, 0.2) is 11.6 Å². The normalized spacial score (nSPS) is 16.8. The lowest BCUT2D eigenvalue weighted by Gasteiger charge is -2.34. The molecule has 1 amide bonds. The van der Waals surface area contributed by atoms with Gasteiger partial charge in [-0.3, -0.25) is 4.79 Å². The second kappa shape index (κ2) is 8.43. The lowest BCUT2D eigenvalue weighted by Crippen LogP contribution is -2.38. The molecule has 0 aromatic heterocycles. The summed E-state index contributed by atoms with van der Waals surface area (Å²) in [7, 11) is 2.77. The van der Waals surface area contributed by atoms with Crippen LogP contribution < -0.4 is 4.74 Å². The molecule has 0 radical (unpaired) electrons. The minimum Gasteiger partial charge on any atom is -0.496 e. The van der Waals surface area contributed by atoms with Gasteiger partial charge in [0.1, 0.15) is 5.75 Å². The molecule has 1 aliphatic rings. The Morgan fingerprint density at radius 3 is 2.55 bits per heavy atom. The minimum absolute atomic E-state index is 0.0256. The first-order valence-corrected chi connectivity index (χ1v) is 9.04. The van der Waals surface area contributed by atoms with Gasteiger partial charge in [0, 0.05) is 29.2 Å². The van der Waals surface area contributed by atoms with Crippen LogP contribution in [0.15, 0.2) is 53.7 Å². The van der Waals surface area contributed by atoms with Crippen molar-refractivity contribution in [2.24, 2.45) is 0 Å². The maximum atomic E-state index is 14.1. The Balaban J connectivity index is 2.08. The molecular weight excluding hydrogens is 380 g/mol. The number of methoxy groups -OCH3 is 2. The molecule has 7 heteroatoms. The van der Waals surface area contributed by atoms with Crippen molar-refractivity contribution in [3.8, 4) is 5.75 Å². The fourth-order valence-electron chi connectivity index (χ4n) is 3.64. The zero-order valence-corrected chi connectivity index (χ0v) is 16.4. The summed E-state index contributed by atoms with van der Waals surface area (Å²) < 4.78 is 38.1. The number of para-hydroxylation sites is 1. The molecule has 29 heavy (non-hydrogen) atoms. The van der Waals surface area contributed by atoms with Crippen LogP contribution in [0, 0.1) is 11.6 Å². The van der Waals surface area contributed by atoms with Gasteiger partial charge in [-0.1, -0.05) is 30.3 Å². The van der Waals surface area contributed by atoms with Crippen molar-refractivity contribution in [3.05, 3.63) is 76.5 Å². The summed E-state index contributed by atoms with van der Waals surface area (Å²) in [6.07, 6.45) is -0.0287. The van der Waals surface area contributed by atoms with Crippen LogP contribution in [-0.4, -0.2) is 31.0 Å². The molecule has 0 unspecified atom stereocenters. The van der Waals surface area contributed by atoms with Crippen molar-refractivity contribution >= 4 is 11.9 Å². The van der Waals surface area contributed by atoms with Gasteiger partial charge in [-0.2, -0.15) is 0 Å². The predicted molar refractivity (Wildman–Crippen MR) is 102 cm³/mol. The second-order valence-corrected chi connectivity index (χ2v) is 6.68. The van der Waals surface area contributed by atoms with Crippen LogP contribution in [0.4, 0.5) is 8.78 Å². The molecule has 0 N–H and O–H groups in total. The maximum absolute atomic E-state index is 14.1. The number of benzene rings is 2. The van der Waals surface area contributed by atoms with Crippen LogP contribution in [0.5, 0.6) is 5.75 Å². The van der Waals surface area contributed by atoms with Crippen molar-refractivity contribution in [3.63, 3.8) is 0 Å². The smallest absolute Gasteiger partial charge is 0.336 e. The summed E-state index contributed by atoms with van der Waals surface area (Å²) in [4.78, 5) is 26.8. The summed E-state index contributed by atoms with van der Waals surface area (Å²) in [5.41, 5.74) is 1.33. The molecule has 152 valence electrons. The zero-order valence-electron chi connectivity index (χ0n) is 16.4. The molecule has 0 aliphatic carbocycles. The van der Waals surface area contributed by atoms with E-state index >= 15 is 0 Å². The standard InChI is InChI=1S/C22H21F2NO4/c1-13-20(22(27)29-3)16(15-8-4-5-10-18(15)28-2)11-19(26)25(13)12-14-7-6-9-17(23)21(14)24/h4-10,16H,11-12H2,1-3H3/t16-/m0/s1. The van der Waals surface area contributed by atoms with Crippen molar-refractivity contribution in [1.82, 2.24) is 4.90 Å². The molecule has 1 atom stereocenters. The van der Waals surface area contributed by atoms with Gasteiger partial charge >= 0.3 is 5.97 Å². The summed E-state index contributed by atoms with van der Waals surface area (Å²) in [5.74, 6) is -2.93. The van der Waals surface area contributed by atoms with Crippen LogP contribution in [0.2, 0.25) is 0 Å². The molecule has 2 aromatic rings. The highest BCUT2D eigenvalue weighted by atomic mass is 19.2. The number of rotatable bonds is 5. The zero-order chi connectivity index (χ0) is 21.1. The van der Waals surface area contributed by atoms with Crippen molar-refractivity contribution in [1.29, 1.82) is 0 Å². The average molecular weight is 401 g/mol. The van der Waals surface area contributed by atoms with E-state index < -0.39 is 23.5 Å². The Morgan fingerprint density at radius 2 is 1.86 bits per heavy atom. The SMILES string of the molecule is COC(=O)C1=C(C)N(Cc2cccc(F)c2F)C(=O)C[C@H]1c1ccccc1OC. The summed E-state index contributed by atoms with van der Waals surface area (Å²) >= 11 is 0. The van der Waals surface area contributed by atoms with E-state index in [1.165, 1.54) is 31.3 Å². The Hall–Kier alpha value is -3.22. The highest BCUT2D eigenvalue weighted by Gasteiger charge is 2.38. The molecule has 0 bridgehead atoms. The second-order valence-electron chi connectivity index (χ2n) is 6.68. The van der Waals surface area contributed by atoms with Gasteiger partial charge in [-0.15, -0.1) is 0 Å². The van der Waals surface area contributed by atoms with Crippen LogP contribution in [0.1, 0.15) is 30.4 Å². The molecule has 1 heterocycles. The Bertz CT molecular complexity index is 987. The van der Waals surface area contributed by atoms with E-state index in [0.717, 1.165) is 6.07 Å². The Kier molecular flexibility index (Phi) is 5.96. The van der Waals surface area contributed by atoms with Crippen LogP contribution in [0.3, 0.4) is 0 Å². The molecule has 3 rings (SSSR count). The largest absolute Gasteiger partial charge is 0.496 e. The predicted octanol–water partition coefficient (Wildman–Crippen LogP) is 3.94. The number of hydrogen-bond acceptors (Lipinski definition) is 4. The number of nitrogens with zero attached hydrogens (tertiary/aromatic N) is 1.